The van der Waals surface area contributed by atoms with E-state index in [0.717, 1.165) is 0 Å². The van der Waals surface area contributed by atoms with Gasteiger partial charge in [0.1, 0.15) is 6.04 Å². The zero-order valence-corrected chi connectivity index (χ0v) is 11.2. The van der Waals surface area contributed by atoms with Crippen LogP contribution in [0.2, 0.25) is 0 Å². The van der Waals surface area contributed by atoms with Crippen molar-refractivity contribution in [3.05, 3.63) is 0 Å². The fraction of sp³-hybridized carbons (Fsp3) is 0.727. The summed E-state index contributed by atoms with van der Waals surface area (Å²) in [5.41, 5.74) is -0.463. The molecule has 0 bridgehead atoms. The van der Waals surface area contributed by atoms with Gasteiger partial charge in [-0.2, -0.15) is 13.2 Å². The number of aliphatic carboxylic acids is 1. The summed E-state index contributed by atoms with van der Waals surface area (Å²) in [6, 6.07) is -1.95. The van der Waals surface area contributed by atoms with Gasteiger partial charge in [0.2, 0.25) is 0 Å². The van der Waals surface area contributed by atoms with Crippen molar-refractivity contribution in [1.82, 2.24) is 5.32 Å². The molecule has 0 aromatic carbocycles. The second kappa shape index (κ2) is 6.58. The van der Waals surface area contributed by atoms with Gasteiger partial charge in [0.15, 0.2) is 0 Å². The normalized spacial score (nSPS) is 13.5. The number of alkyl halides is 3. The van der Waals surface area contributed by atoms with Gasteiger partial charge in [0, 0.05) is 12.4 Å². The average molecular weight is 298 g/mol. The number of esters is 1. The maximum Gasteiger partial charge on any atom is 0.471 e. The Hall–Kier alpha value is -1.80. The predicted octanol–water partition coefficient (Wildman–Crippen LogP) is -0.237. The number of rotatable bonds is 5. The standard InChI is InChI=1S/C11H16F3NO5/c1-10(2,3)5-20-8(18)6(4-7(16)17)15-9(19)11(12,13)14/h6H,4-5H2,1-3H3,(H,15,19)(H,16,17)/p-1/t6-/m0/s1. The van der Waals surface area contributed by atoms with Crippen LogP contribution in [0.1, 0.15) is 27.2 Å². The molecular formula is C11H15F3NO5-. The molecule has 0 aliphatic carbocycles. The molecule has 6 nitrogen and oxygen atoms in total. The molecule has 0 aliphatic rings. The quantitative estimate of drug-likeness (QED) is 0.707. The summed E-state index contributed by atoms with van der Waals surface area (Å²) in [5.74, 6) is -5.47. The molecule has 0 rings (SSSR count). The molecule has 0 unspecified atom stereocenters. The summed E-state index contributed by atoms with van der Waals surface area (Å²) in [4.78, 5) is 32.6. The van der Waals surface area contributed by atoms with Gasteiger partial charge in [-0.3, -0.25) is 4.79 Å². The SMILES string of the molecule is CC(C)(C)COC(=O)[C@H](CC(=O)[O-])NC(=O)C(F)(F)F. The molecule has 1 N–H and O–H groups in total. The first-order valence-electron chi connectivity index (χ1n) is 5.57. The highest BCUT2D eigenvalue weighted by Gasteiger charge is 2.41. The van der Waals surface area contributed by atoms with E-state index in [2.05, 4.69) is 4.74 Å². The number of nitrogens with one attached hydrogen (secondary N) is 1. The van der Waals surface area contributed by atoms with Gasteiger partial charge in [-0.25, -0.2) is 4.79 Å². The van der Waals surface area contributed by atoms with Crippen molar-refractivity contribution < 1.29 is 37.4 Å². The average Bonchev–Trinajstić information content (AvgIpc) is 2.21. The largest absolute Gasteiger partial charge is 0.550 e. The third kappa shape index (κ3) is 7.59. The van der Waals surface area contributed by atoms with Gasteiger partial charge >= 0.3 is 18.1 Å². The van der Waals surface area contributed by atoms with Gasteiger partial charge in [0.25, 0.3) is 0 Å². The van der Waals surface area contributed by atoms with E-state index in [9.17, 15) is 32.7 Å². The molecule has 0 spiro atoms. The Bertz CT molecular complexity index is 387. The Morgan fingerprint density at radius 3 is 2.05 bits per heavy atom. The molecule has 116 valence electrons. The lowest BCUT2D eigenvalue weighted by atomic mass is 9.99. The van der Waals surface area contributed by atoms with Crippen LogP contribution in [0.4, 0.5) is 13.2 Å². The van der Waals surface area contributed by atoms with E-state index in [1.165, 1.54) is 5.32 Å². The Morgan fingerprint density at radius 1 is 1.20 bits per heavy atom. The molecule has 1 amide bonds. The van der Waals surface area contributed by atoms with Crippen LogP contribution < -0.4 is 10.4 Å². The van der Waals surface area contributed by atoms with Gasteiger partial charge in [-0.15, -0.1) is 0 Å². The molecule has 0 aromatic rings. The van der Waals surface area contributed by atoms with Crippen LogP contribution in [-0.2, 0) is 19.1 Å². The lowest BCUT2D eigenvalue weighted by molar-refractivity contribution is -0.306. The summed E-state index contributed by atoms with van der Waals surface area (Å²) in [7, 11) is 0. The number of amides is 1. The van der Waals surface area contributed by atoms with E-state index in [1.807, 2.05) is 0 Å². The predicted molar refractivity (Wildman–Crippen MR) is 58.0 cm³/mol. The monoisotopic (exact) mass is 298 g/mol. The summed E-state index contributed by atoms with van der Waals surface area (Å²) >= 11 is 0. The number of ether oxygens (including phenoxy) is 1. The maximum atomic E-state index is 12.1. The fourth-order valence-corrected chi connectivity index (χ4v) is 0.988. The molecule has 0 fully saturated rings. The second-order valence-corrected chi connectivity index (χ2v) is 5.27. The second-order valence-electron chi connectivity index (χ2n) is 5.27. The zero-order valence-electron chi connectivity index (χ0n) is 11.2. The molecule has 0 saturated carbocycles. The molecule has 1 atom stereocenters. The minimum atomic E-state index is -5.23. The first-order valence-corrected chi connectivity index (χ1v) is 5.57. The lowest BCUT2D eigenvalue weighted by Gasteiger charge is -2.22. The number of halogens is 3. The maximum absolute atomic E-state index is 12.1. The number of hydrogen-bond donors (Lipinski definition) is 1. The van der Waals surface area contributed by atoms with Crippen molar-refractivity contribution in [2.45, 2.75) is 39.4 Å². The Balaban J connectivity index is 4.76. The van der Waals surface area contributed by atoms with Crippen molar-refractivity contribution in [3.8, 4) is 0 Å². The van der Waals surface area contributed by atoms with Crippen LogP contribution in [0.3, 0.4) is 0 Å². The molecule has 0 heterocycles. The highest BCUT2D eigenvalue weighted by atomic mass is 19.4. The molecule has 9 heteroatoms. The highest BCUT2D eigenvalue weighted by Crippen LogP contribution is 2.16. The third-order valence-electron chi connectivity index (χ3n) is 1.87. The van der Waals surface area contributed by atoms with Gasteiger partial charge in [0.05, 0.1) is 6.61 Å². The van der Waals surface area contributed by atoms with Crippen LogP contribution in [-0.4, -0.2) is 36.7 Å². The zero-order chi connectivity index (χ0) is 16.1. The number of carboxylic acid groups (broad SMARTS) is 1. The van der Waals surface area contributed by atoms with Crippen LogP contribution in [0.5, 0.6) is 0 Å². The van der Waals surface area contributed by atoms with Crippen molar-refractivity contribution in [3.63, 3.8) is 0 Å². The summed E-state index contributed by atoms with van der Waals surface area (Å²) in [6.45, 7) is 4.95. The topological polar surface area (TPSA) is 95.5 Å². The van der Waals surface area contributed by atoms with Crippen LogP contribution >= 0.6 is 0 Å². The Labute approximate surface area is 113 Å². The number of hydrogen-bond acceptors (Lipinski definition) is 5. The van der Waals surface area contributed by atoms with E-state index in [0.29, 0.717) is 0 Å². The van der Waals surface area contributed by atoms with Crippen LogP contribution in [0, 0.1) is 5.41 Å². The molecular weight excluding hydrogens is 283 g/mol. The van der Waals surface area contributed by atoms with E-state index in [1.54, 1.807) is 20.8 Å². The third-order valence-corrected chi connectivity index (χ3v) is 1.87. The van der Waals surface area contributed by atoms with Crippen LogP contribution in [0.25, 0.3) is 0 Å². The van der Waals surface area contributed by atoms with Crippen LogP contribution in [0.15, 0.2) is 0 Å². The highest BCUT2D eigenvalue weighted by molar-refractivity contribution is 5.89. The fourth-order valence-electron chi connectivity index (χ4n) is 0.988. The first-order chi connectivity index (χ1) is 8.83. The van der Waals surface area contributed by atoms with Crippen molar-refractivity contribution >= 4 is 17.8 Å². The van der Waals surface area contributed by atoms with Crippen molar-refractivity contribution in [1.29, 1.82) is 0 Å². The molecule has 0 aromatic heterocycles. The molecule has 0 saturated heterocycles. The van der Waals surface area contributed by atoms with E-state index >= 15 is 0 Å². The minimum absolute atomic E-state index is 0.142. The van der Waals surface area contributed by atoms with Crippen molar-refractivity contribution in [2.75, 3.05) is 6.61 Å². The molecule has 0 radical (unpaired) electrons. The summed E-state index contributed by atoms with van der Waals surface area (Å²) in [5, 5.41) is 11.7. The van der Waals surface area contributed by atoms with Crippen molar-refractivity contribution in [2.24, 2.45) is 5.41 Å². The van der Waals surface area contributed by atoms with Gasteiger partial charge in [-0.1, -0.05) is 20.8 Å². The van der Waals surface area contributed by atoms with E-state index in [-0.39, 0.29) is 6.61 Å². The minimum Gasteiger partial charge on any atom is -0.550 e. The van der Waals surface area contributed by atoms with E-state index < -0.39 is 41.9 Å². The lowest BCUT2D eigenvalue weighted by Crippen LogP contribution is -2.50. The smallest absolute Gasteiger partial charge is 0.471 e. The number of carbonyl (C=O) groups is 3. The summed E-state index contributed by atoms with van der Waals surface area (Å²) < 4.78 is 40.8. The summed E-state index contributed by atoms with van der Waals surface area (Å²) in [6.07, 6.45) is -6.33. The molecule has 0 aliphatic heterocycles. The first kappa shape index (κ1) is 18.2. The van der Waals surface area contributed by atoms with E-state index in [4.69, 9.17) is 0 Å². The van der Waals surface area contributed by atoms with Gasteiger partial charge < -0.3 is 20.0 Å². The number of carboxylic acids is 1. The Kier molecular flexibility index (Phi) is 5.98. The molecule has 20 heavy (non-hydrogen) atoms. The van der Waals surface area contributed by atoms with Gasteiger partial charge in [-0.05, 0) is 5.41 Å². The Morgan fingerprint density at radius 2 is 1.70 bits per heavy atom. The number of carbonyl (C=O) groups excluding carboxylic acids is 3.